The molecule has 0 N–H and O–H groups in total. The molecule has 2 aliphatic carbocycles. The van der Waals surface area contributed by atoms with Crippen molar-refractivity contribution in [2.24, 2.45) is 47.3 Å². The van der Waals surface area contributed by atoms with Crippen molar-refractivity contribution in [1.82, 2.24) is 0 Å². The molecule has 0 spiro atoms. The summed E-state index contributed by atoms with van der Waals surface area (Å²) in [4.78, 5) is 83.8. The first-order valence-corrected chi connectivity index (χ1v) is 8.24. The van der Waals surface area contributed by atoms with Crippen LogP contribution in [0, 0.1) is 47.3 Å². The maximum atomic E-state index is 10.5. The molecule has 0 radical (unpaired) electrons. The maximum Gasteiger partial charge on any atom is 4.00 e. The Hall–Kier alpha value is -2.86. The number of rotatable bonds is 8. The second-order valence-corrected chi connectivity index (χ2v) is 6.76. The van der Waals surface area contributed by atoms with Crippen molar-refractivity contribution in [3.05, 3.63) is 0 Å². The van der Waals surface area contributed by atoms with Crippen LogP contribution in [0.5, 0.6) is 0 Å². The summed E-state index contributed by atoms with van der Waals surface area (Å²) in [5.74, 6) is -31.6. The Bertz CT molecular complexity index is 667. The van der Waals surface area contributed by atoms with E-state index in [1.807, 2.05) is 0 Å². The van der Waals surface area contributed by atoms with Gasteiger partial charge in [-0.05, 0) is 0 Å². The quantitative estimate of drug-likeness (QED) is 0.219. The van der Waals surface area contributed by atoms with E-state index in [0.29, 0.717) is 0 Å². The van der Waals surface area contributed by atoms with Gasteiger partial charge in [0, 0.05) is 95.1 Å². The normalized spacial score (nSPS) is 30.6. The summed E-state index contributed by atoms with van der Waals surface area (Å²) in [6.45, 7) is 0. The van der Waals surface area contributed by atoms with Crippen molar-refractivity contribution >= 4 is 47.8 Å². The molecule has 0 bridgehead atoms. The summed E-state index contributed by atoms with van der Waals surface area (Å²) in [5, 5.41) is 83.8. The largest absolute Gasteiger partial charge is 4.00 e. The van der Waals surface area contributed by atoms with Crippen molar-refractivity contribution in [3.8, 4) is 0 Å². The van der Waals surface area contributed by atoms with Gasteiger partial charge in [-0.15, -0.1) is 0 Å². The molecule has 0 aromatic rings. The third kappa shape index (κ3) is 6.17. The number of carbonyl (C=O) groups is 8. The van der Waals surface area contributed by atoms with Crippen LogP contribution in [0.4, 0.5) is 0 Å². The molecule has 0 aliphatic heterocycles. The van der Waals surface area contributed by atoms with E-state index in [9.17, 15) is 79.2 Å². The average Bonchev–Trinajstić information content (AvgIpc) is 2.49. The summed E-state index contributed by atoms with van der Waals surface area (Å²) in [6, 6.07) is 0. The van der Waals surface area contributed by atoms with E-state index in [-0.39, 0.29) is 42.1 Å². The zero-order valence-corrected chi connectivity index (χ0v) is 20.3. The van der Waals surface area contributed by atoms with E-state index in [4.69, 9.17) is 0 Å². The van der Waals surface area contributed by atoms with Crippen LogP contribution in [-0.4, -0.2) is 47.8 Å². The number of carboxylic acid groups (broad SMARTS) is 8. The van der Waals surface area contributed by atoms with E-state index in [1.165, 1.54) is 0 Å². The zero-order valence-electron chi connectivity index (χ0n) is 15.8. The average molecular weight is 846 g/mol. The van der Waals surface area contributed by atoms with Crippen LogP contribution in [0.1, 0.15) is 0 Å². The number of hydrogen-bond acceptors (Lipinski definition) is 16. The number of carbonyl (C=O) groups excluding carboxylic acids is 8. The second-order valence-electron chi connectivity index (χ2n) is 6.76. The van der Waals surface area contributed by atoms with Gasteiger partial charge in [0.25, 0.3) is 0 Å². The van der Waals surface area contributed by atoms with Gasteiger partial charge in [-0.2, -0.15) is 0 Å². The third-order valence-electron chi connectivity index (χ3n) is 5.27. The third-order valence-corrected chi connectivity index (χ3v) is 5.27. The first-order valence-electron chi connectivity index (χ1n) is 8.24. The van der Waals surface area contributed by atoms with Gasteiger partial charge in [0.05, 0.1) is 0 Å². The molecule has 34 heavy (non-hydrogen) atoms. The Kier molecular flexibility index (Phi) is 12.3. The molecule has 2 aliphatic rings. The second kappa shape index (κ2) is 12.6. The SMILES string of the molecule is O=C([O-])C1C(C(=O)[O-])C(C(=O)[O-])C1C(=O)[O-].O=C([O-])C1C(C(=O)[O-])C(C(=O)[O-])C1C(=O)[O-].[Pt+4].[Pt+4]. The van der Waals surface area contributed by atoms with Crippen LogP contribution in [-0.2, 0) is 80.5 Å². The Balaban J connectivity index is 0. The van der Waals surface area contributed by atoms with Gasteiger partial charge in [-0.3, -0.25) is 0 Å². The van der Waals surface area contributed by atoms with Crippen molar-refractivity contribution in [2.45, 2.75) is 0 Å². The monoisotopic (exact) mass is 846 g/mol. The molecule has 18 heteroatoms. The van der Waals surface area contributed by atoms with Gasteiger partial charge < -0.3 is 79.2 Å². The molecule has 0 unspecified atom stereocenters. The van der Waals surface area contributed by atoms with Gasteiger partial charge in [0.1, 0.15) is 0 Å². The summed E-state index contributed by atoms with van der Waals surface area (Å²) >= 11 is 0. The molecular formula is C16H8O16Pt2. The first kappa shape index (κ1) is 33.3. The van der Waals surface area contributed by atoms with E-state index in [2.05, 4.69) is 0 Å². The number of hydrogen-bond donors (Lipinski definition) is 0. The first-order chi connectivity index (χ1) is 14.6. The summed E-state index contributed by atoms with van der Waals surface area (Å²) < 4.78 is 0. The molecule has 0 saturated heterocycles. The van der Waals surface area contributed by atoms with Crippen LogP contribution in [0.15, 0.2) is 0 Å². The van der Waals surface area contributed by atoms with Gasteiger partial charge in [-0.1, -0.05) is 0 Å². The Labute approximate surface area is 216 Å². The van der Waals surface area contributed by atoms with Crippen LogP contribution in [0.25, 0.3) is 0 Å². The summed E-state index contributed by atoms with van der Waals surface area (Å²) in [6.07, 6.45) is 0. The molecule has 0 heterocycles. The molecule has 0 atom stereocenters. The van der Waals surface area contributed by atoms with Gasteiger partial charge >= 0.3 is 42.1 Å². The van der Waals surface area contributed by atoms with Crippen LogP contribution in [0.2, 0.25) is 0 Å². The van der Waals surface area contributed by atoms with Gasteiger partial charge in [0.2, 0.25) is 0 Å². The smallest absolute Gasteiger partial charge is 0.550 e. The Morgan fingerprint density at radius 1 is 0.265 bits per heavy atom. The van der Waals surface area contributed by atoms with Gasteiger partial charge in [0.15, 0.2) is 0 Å². The molecule has 188 valence electrons. The fourth-order valence-electron chi connectivity index (χ4n) is 3.84. The van der Waals surface area contributed by atoms with E-state index in [1.54, 1.807) is 0 Å². The predicted molar refractivity (Wildman–Crippen MR) is 68.0 cm³/mol. The molecule has 0 aromatic heterocycles. The summed E-state index contributed by atoms with van der Waals surface area (Å²) in [5.41, 5.74) is 0. The van der Waals surface area contributed by atoms with Crippen molar-refractivity contribution in [3.63, 3.8) is 0 Å². The zero-order chi connectivity index (χ0) is 25.2. The number of aliphatic carboxylic acids is 8. The standard InChI is InChI=1S/2C8H8O8.2Pt/c2*9-5(10)1-2(6(11)12)4(8(15)16)3(1)7(13)14;;/h2*1-4H,(H,9,10)(H,11,12)(H,13,14)(H,15,16);;/q;;2*+4/p-8. The minimum atomic E-state index is -1.97. The molecule has 0 aromatic carbocycles. The van der Waals surface area contributed by atoms with E-state index < -0.39 is 95.1 Å². The van der Waals surface area contributed by atoms with Crippen molar-refractivity contribution < 1.29 is 121 Å². The van der Waals surface area contributed by atoms with Crippen LogP contribution in [0.3, 0.4) is 0 Å². The molecule has 2 saturated carbocycles. The van der Waals surface area contributed by atoms with E-state index in [0.717, 1.165) is 0 Å². The minimum Gasteiger partial charge on any atom is -0.550 e. The van der Waals surface area contributed by atoms with Crippen LogP contribution >= 0.6 is 0 Å². The summed E-state index contributed by atoms with van der Waals surface area (Å²) in [7, 11) is 0. The Morgan fingerprint density at radius 3 is 0.353 bits per heavy atom. The van der Waals surface area contributed by atoms with E-state index >= 15 is 0 Å². The molecule has 2 rings (SSSR count). The maximum absolute atomic E-state index is 10.5. The fraction of sp³-hybridized carbons (Fsp3) is 0.500. The molecule has 0 amide bonds. The van der Waals surface area contributed by atoms with Crippen molar-refractivity contribution in [1.29, 1.82) is 0 Å². The van der Waals surface area contributed by atoms with Crippen LogP contribution < -0.4 is 40.9 Å². The molecule has 16 nitrogen and oxygen atoms in total. The topological polar surface area (TPSA) is 321 Å². The Morgan fingerprint density at radius 2 is 0.324 bits per heavy atom. The van der Waals surface area contributed by atoms with Crippen molar-refractivity contribution in [2.75, 3.05) is 0 Å². The fourth-order valence-corrected chi connectivity index (χ4v) is 3.84. The minimum absolute atomic E-state index is 0. The van der Waals surface area contributed by atoms with Gasteiger partial charge in [-0.25, -0.2) is 0 Å². The number of carboxylic acids is 8. The predicted octanol–water partition coefficient (Wildman–Crippen LogP) is -13.1. The molecule has 2 fully saturated rings. The molecular weight excluding hydrogens is 838 g/mol.